The van der Waals surface area contributed by atoms with Gasteiger partial charge in [0.2, 0.25) is 6.29 Å². The fraction of sp³-hybridized carbons (Fsp3) is 0.417. The average Bonchev–Trinajstić information content (AvgIpc) is 2.27. The molecule has 0 bridgehead atoms. The molecule has 0 spiro atoms. The van der Waals surface area contributed by atoms with Crippen molar-refractivity contribution in [2.24, 2.45) is 0 Å². The van der Waals surface area contributed by atoms with Gasteiger partial charge in [0, 0.05) is 13.5 Å². The first-order chi connectivity index (χ1) is 7.26. The van der Waals surface area contributed by atoms with Crippen LogP contribution in [0.1, 0.15) is 18.9 Å². The molecule has 0 aromatic heterocycles. The Morgan fingerprint density at radius 3 is 2.53 bits per heavy atom. The highest BCUT2D eigenvalue weighted by Gasteiger charge is 2.11. The van der Waals surface area contributed by atoms with Crippen molar-refractivity contribution in [3.05, 3.63) is 35.9 Å². The van der Waals surface area contributed by atoms with Crippen LogP contribution < -0.4 is 0 Å². The van der Waals surface area contributed by atoms with E-state index in [1.807, 2.05) is 37.3 Å². The first-order valence-corrected chi connectivity index (χ1v) is 5.02. The van der Waals surface area contributed by atoms with Crippen LogP contribution in [0.2, 0.25) is 0 Å². The third-order valence-corrected chi connectivity index (χ3v) is 2.05. The SMILES string of the molecule is CCC(OC)OC(=O)Cc1ccccc1. The first kappa shape index (κ1) is 11.7. The third-order valence-electron chi connectivity index (χ3n) is 2.05. The zero-order chi connectivity index (χ0) is 11.1. The van der Waals surface area contributed by atoms with E-state index in [-0.39, 0.29) is 5.97 Å². The summed E-state index contributed by atoms with van der Waals surface area (Å²) in [6, 6.07) is 9.51. The normalized spacial score (nSPS) is 12.1. The van der Waals surface area contributed by atoms with Gasteiger partial charge in [-0.1, -0.05) is 37.3 Å². The zero-order valence-corrected chi connectivity index (χ0v) is 9.10. The van der Waals surface area contributed by atoms with E-state index in [1.54, 1.807) is 0 Å². The summed E-state index contributed by atoms with van der Waals surface area (Å²) in [4.78, 5) is 11.4. The Morgan fingerprint density at radius 1 is 1.33 bits per heavy atom. The van der Waals surface area contributed by atoms with E-state index in [1.165, 1.54) is 7.11 Å². The Hall–Kier alpha value is -1.35. The first-order valence-electron chi connectivity index (χ1n) is 5.02. The largest absolute Gasteiger partial charge is 0.436 e. The summed E-state index contributed by atoms with van der Waals surface area (Å²) in [5.74, 6) is -0.255. The van der Waals surface area contributed by atoms with Crippen LogP contribution in [0.3, 0.4) is 0 Å². The molecule has 82 valence electrons. The predicted molar refractivity (Wildman–Crippen MR) is 57.3 cm³/mol. The summed E-state index contributed by atoms with van der Waals surface area (Å²) in [5, 5.41) is 0. The molecule has 0 heterocycles. The molecular weight excluding hydrogens is 192 g/mol. The van der Waals surface area contributed by atoms with Crippen LogP contribution in [0.5, 0.6) is 0 Å². The lowest BCUT2D eigenvalue weighted by atomic mass is 10.2. The minimum atomic E-state index is -0.429. The van der Waals surface area contributed by atoms with Crippen molar-refractivity contribution < 1.29 is 14.3 Å². The lowest BCUT2D eigenvalue weighted by Gasteiger charge is -2.13. The third kappa shape index (κ3) is 4.13. The second kappa shape index (κ2) is 6.19. The fourth-order valence-corrected chi connectivity index (χ4v) is 1.25. The van der Waals surface area contributed by atoms with Gasteiger partial charge in [-0.2, -0.15) is 0 Å². The molecule has 0 saturated carbocycles. The van der Waals surface area contributed by atoms with Crippen LogP contribution in [0.4, 0.5) is 0 Å². The molecule has 1 atom stereocenters. The minimum absolute atomic E-state index is 0.255. The maximum absolute atomic E-state index is 11.4. The summed E-state index contributed by atoms with van der Waals surface area (Å²) < 4.78 is 10.1. The Bertz CT molecular complexity index is 291. The molecule has 3 heteroatoms. The van der Waals surface area contributed by atoms with Gasteiger partial charge in [-0.25, -0.2) is 0 Å². The van der Waals surface area contributed by atoms with Gasteiger partial charge in [-0.15, -0.1) is 0 Å². The summed E-state index contributed by atoms with van der Waals surface area (Å²) in [7, 11) is 1.53. The zero-order valence-electron chi connectivity index (χ0n) is 9.10. The predicted octanol–water partition coefficient (Wildman–Crippen LogP) is 2.15. The lowest BCUT2D eigenvalue weighted by Crippen LogP contribution is -2.20. The van der Waals surface area contributed by atoms with Gasteiger partial charge >= 0.3 is 5.97 Å². The van der Waals surface area contributed by atoms with Crippen molar-refractivity contribution in [1.29, 1.82) is 0 Å². The van der Waals surface area contributed by atoms with E-state index in [4.69, 9.17) is 9.47 Å². The molecule has 0 radical (unpaired) electrons. The van der Waals surface area contributed by atoms with Gasteiger partial charge in [0.25, 0.3) is 0 Å². The van der Waals surface area contributed by atoms with Gasteiger partial charge < -0.3 is 9.47 Å². The number of hydrogen-bond donors (Lipinski definition) is 0. The van der Waals surface area contributed by atoms with Gasteiger partial charge in [-0.05, 0) is 5.56 Å². The van der Waals surface area contributed by atoms with Crippen LogP contribution in [0.15, 0.2) is 30.3 Å². The second-order valence-corrected chi connectivity index (χ2v) is 3.23. The van der Waals surface area contributed by atoms with Crippen LogP contribution in [0.25, 0.3) is 0 Å². The molecule has 0 amide bonds. The lowest BCUT2D eigenvalue weighted by molar-refractivity contribution is -0.172. The fourth-order valence-electron chi connectivity index (χ4n) is 1.25. The molecule has 1 aromatic carbocycles. The molecule has 3 nitrogen and oxygen atoms in total. The van der Waals surface area contributed by atoms with Gasteiger partial charge in [0.1, 0.15) is 0 Å². The highest BCUT2D eigenvalue weighted by atomic mass is 16.7. The van der Waals surface area contributed by atoms with E-state index in [2.05, 4.69) is 0 Å². The van der Waals surface area contributed by atoms with E-state index < -0.39 is 6.29 Å². The van der Waals surface area contributed by atoms with E-state index in [0.29, 0.717) is 12.8 Å². The smallest absolute Gasteiger partial charge is 0.312 e. The second-order valence-electron chi connectivity index (χ2n) is 3.23. The van der Waals surface area contributed by atoms with Crippen LogP contribution >= 0.6 is 0 Å². The van der Waals surface area contributed by atoms with Gasteiger partial charge in [0.05, 0.1) is 6.42 Å². The molecule has 1 rings (SSSR count). The molecule has 0 saturated heterocycles. The van der Waals surface area contributed by atoms with Crippen LogP contribution in [-0.2, 0) is 20.7 Å². The molecule has 1 unspecified atom stereocenters. The van der Waals surface area contributed by atoms with Crippen molar-refractivity contribution in [1.82, 2.24) is 0 Å². The molecule has 0 N–H and O–H groups in total. The summed E-state index contributed by atoms with van der Waals surface area (Å²) >= 11 is 0. The van der Waals surface area contributed by atoms with Crippen LogP contribution in [-0.4, -0.2) is 19.4 Å². The molecule has 0 aliphatic carbocycles. The molecule has 0 aliphatic rings. The van der Waals surface area contributed by atoms with Gasteiger partial charge in [-0.3, -0.25) is 4.79 Å². The summed E-state index contributed by atoms with van der Waals surface area (Å²) in [5.41, 5.74) is 0.952. The van der Waals surface area contributed by atoms with E-state index in [9.17, 15) is 4.79 Å². The van der Waals surface area contributed by atoms with Gasteiger partial charge in [0.15, 0.2) is 0 Å². The van der Waals surface area contributed by atoms with E-state index in [0.717, 1.165) is 5.56 Å². The number of methoxy groups -OCH3 is 1. The van der Waals surface area contributed by atoms with Crippen molar-refractivity contribution >= 4 is 5.97 Å². The number of carbonyl (C=O) groups excluding carboxylic acids is 1. The number of benzene rings is 1. The monoisotopic (exact) mass is 208 g/mol. The van der Waals surface area contributed by atoms with Crippen molar-refractivity contribution in [2.75, 3.05) is 7.11 Å². The molecule has 1 aromatic rings. The highest BCUT2D eigenvalue weighted by molar-refractivity contribution is 5.72. The van der Waals surface area contributed by atoms with Crippen molar-refractivity contribution in [2.45, 2.75) is 26.1 Å². The Labute approximate surface area is 90.0 Å². The number of ether oxygens (including phenoxy) is 2. The minimum Gasteiger partial charge on any atom is -0.436 e. The maximum atomic E-state index is 11.4. The highest BCUT2D eigenvalue weighted by Crippen LogP contribution is 2.04. The van der Waals surface area contributed by atoms with Crippen molar-refractivity contribution in [3.63, 3.8) is 0 Å². The maximum Gasteiger partial charge on any atom is 0.312 e. The summed E-state index contributed by atoms with van der Waals surface area (Å²) in [6.45, 7) is 1.91. The average molecular weight is 208 g/mol. The summed E-state index contributed by atoms with van der Waals surface area (Å²) in [6.07, 6.45) is 0.527. The Morgan fingerprint density at radius 2 is 2.00 bits per heavy atom. The van der Waals surface area contributed by atoms with Crippen LogP contribution in [0, 0.1) is 0 Å². The van der Waals surface area contributed by atoms with E-state index >= 15 is 0 Å². The molecule has 15 heavy (non-hydrogen) atoms. The molecular formula is C12H16O3. The molecule has 0 aliphatic heterocycles. The quantitative estimate of drug-likeness (QED) is 0.549. The number of rotatable bonds is 5. The number of carbonyl (C=O) groups is 1. The molecule has 0 fully saturated rings. The Balaban J connectivity index is 2.43. The Kier molecular flexibility index (Phi) is 4.84. The topological polar surface area (TPSA) is 35.5 Å². The van der Waals surface area contributed by atoms with Crippen molar-refractivity contribution in [3.8, 4) is 0 Å². The number of hydrogen-bond acceptors (Lipinski definition) is 3. The number of esters is 1. The standard InChI is InChI=1S/C12H16O3/c1-3-12(14-2)15-11(13)9-10-7-5-4-6-8-10/h4-8,12H,3,9H2,1-2H3.